The number of hydrogen-bond donors (Lipinski definition) is 1. The molecular formula is C29H27N3O2S2. The van der Waals surface area contributed by atoms with Gasteiger partial charge in [0, 0.05) is 22.3 Å². The Morgan fingerprint density at radius 2 is 1.72 bits per heavy atom. The minimum atomic E-state index is -0.128. The van der Waals surface area contributed by atoms with Crippen LogP contribution in [0.25, 0.3) is 20.3 Å². The standard InChI is InChI=1S/C29H27N3O2S2/c1-19(2)21-12-14-22(15-13-21)30-25(33)18-35-29-31-26-23-10-6-7-11-24(23)36-27(26)28(34)32(29)17-16-20-8-4-3-5-9-20/h3-15,19H,16-18H2,1-2H3,(H,30,33). The summed E-state index contributed by atoms with van der Waals surface area (Å²) in [4.78, 5) is 31.2. The van der Waals surface area contributed by atoms with Gasteiger partial charge in [-0.05, 0) is 41.7 Å². The summed E-state index contributed by atoms with van der Waals surface area (Å²) in [6, 6.07) is 26.0. The summed E-state index contributed by atoms with van der Waals surface area (Å²) in [5.41, 5.74) is 3.80. The highest BCUT2D eigenvalue weighted by Crippen LogP contribution is 2.32. The second-order valence-electron chi connectivity index (χ2n) is 8.98. The molecule has 2 heterocycles. The first kappa shape index (κ1) is 24.3. The third-order valence-electron chi connectivity index (χ3n) is 6.11. The molecule has 2 aromatic heterocycles. The molecule has 0 radical (unpaired) electrons. The molecule has 0 saturated heterocycles. The van der Waals surface area contributed by atoms with Crippen molar-refractivity contribution in [3.05, 3.63) is 100 Å². The maximum absolute atomic E-state index is 13.6. The normalized spacial score (nSPS) is 11.4. The molecule has 0 unspecified atom stereocenters. The fraction of sp³-hybridized carbons (Fsp3) is 0.207. The molecule has 0 bridgehead atoms. The van der Waals surface area contributed by atoms with Gasteiger partial charge in [-0.2, -0.15) is 0 Å². The molecule has 0 fully saturated rings. The number of carbonyl (C=O) groups excluding carboxylic acids is 1. The van der Waals surface area contributed by atoms with Crippen LogP contribution in [0.2, 0.25) is 0 Å². The van der Waals surface area contributed by atoms with E-state index in [9.17, 15) is 9.59 Å². The number of thioether (sulfide) groups is 1. The maximum atomic E-state index is 13.6. The quantitative estimate of drug-likeness (QED) is 0.185. The van der Waals surface area contributed by atoms with Crippen molar-refractivity contribution in [3.8, 4) is 0 Å². The first-order valence-electron chi connectivity index (χ1n) is 12.0. The Kier molecular flexibility index (Phi) is 7.20. The molecule has 1 N–H and O–H groups in total. The van der Waals surface area contributed by atoms with E-state index in [2.05, 4.69) is 31.3 Å². The van der Waals surface area contributed by atoms with Crippen LogP contribution in [-0.2, 0) is 17.8 Å². The zero-order chi connectivity index (χ0) is 25.1. The molecular weight excluding hydrogens is 486 g/mol. The van der Waals surface area contributed by atoms with Crippen LogP contribution in [0.1, 0.15) is 30.9 Å². The molecule has 0 atom stereocenters. The van der Waals surface area contributed by atoms with Crippen molar-refractivity contribution in [1.82, 2.24) is 9.55 Å². The SMILES string of the molecule is CC(C)c1ccc(NC(=O)CSc2nc3c(sc4ccccc43)c(=O)n2CCc2ccccc2)cc1. The van der Waals surface area contributed by atoms with E-state index in [1.54, 1.807) is 4.57 Å². The molecule has 0 saturated carbocycles. The van der Waals surface area contributed by atoms with E-state index in [1.165, 1.54) is 28.7 Å². The van der Waals surface area contributed by atoms with E-state index in [4.69, 9.17) is 4.98 Å². The van der Waals surface area contributed by atoms with Gasteiger partial charge in [-0.3, -0.25) is 14.2 Å². The van der Waals surface area contributed by atoms with Crippen LogP contribution in [0.5, 0.6) is 0 Å². The number of nitrogens with zero attached hydrogens (tertiary/aromatic N) is 2. The third kappa shape index (κ3) is 5.22. The maximum Gasteiger partial charge on any atom is 0.272 e. The number of amides is 1. The molecule has 0 aliphatic heterocycles. The lowest BCUT2D eigenvalue weighted by Gasteiger charge is -2.13. The molecule has 5 nitrogen and oxygen atoms in total. The number of rotatable bonds is 8. The van der Waals surface area contributed by atoms with Gasteiger partial charge in [0.25, 0.3) is 5.56 Å². The van der Waals surface area contributed by atoms with Crippen LogP contribution >= 0.6 is 23.1 Å². The van der Waals surface area contributed by atoms with Crippen molar-refractivity contribution in [3.63, 3.8) is 0 Å². The van der Waals surface area contributed by atoms with E-state index in [0.717, 1.165) is 21.3 Å². The summed E-state index contributed by atoms with van der Waals surface area (Å²) in [5, 5.41) is 4.50. The van der Waals surface area contributed by atoms with Crippen molar-refractivity contribution >= 4 is 55.0 Å². The zero-order valence-corrected chi connectivity index (χ0v) is 21.9. The van der Waals surface area contributed by atoms with Gasteiger partial charge in [0.15, 0.2) is 5.16 Å². The molecule has 3 aromatic carbocycles. The molecule has 5 aromatic rings. The number of anilines is 1. The van der Waals surface area contributed by atoms with Gasteiger partial charge in [-0.1, -0.05) is 86.3 Å². The first-order valence-corrected chi connectivity index (χ1v) is 13.8. The fourth-order valence-corrected chi connectivity index (χ4v) is 6.03. The topological polar surface area (TPSA) is 64.0 Å². The summed E-state index contributed by atoms with van der Waals surface area (Å²) in [6.45, 7) is 4.78. The molecule has 0 aliphatic carbocycles. The predicted octanol–water partition coefficient (Wildman–Crippen LogP) is 6.71. The average molecular weight is 514 g/mol. The van der Waals surface area contributed by atoms with Crippen molar-refractivity contribution in [2.24, 2.45) is 0 Å². The van der Waals surface area contributed by atoms with Crippen molar-refractivity contribution in [2.45, 2.75) is 37.9 Å². The van der Waals surface area contributed by atoms with Crippen molar-refractivity contribution in [1.29, 1.82) is 0 Å². The molecule has 0 spiro atoms. The van der Waals surface area contributed by atoms with Gasteiger partial charge >= 0.3 is 0 Å². The predicted molar refractivity (Wildman–Crippen MR) is 151 cm³/mol. The van der Waals surface area contributed by atoms with Crippen molar-refractivity contribution in [2.75, 3.05) is 11.1 Å². The molecule has 182 valence electrons. The van der Waals surface area contributed by atoms with Gasteiger partial charge in [0.1, 0.15) is 4.70 Å². The highest BCUT2D eigenvalue weighted by Gasteiger charge is 2.17. The van der Waals surface area contributed by atoms with Crippen LogP contribution in [-0.4, -0.2) is 21.2 Å². The van der Waals surface area contributed by atoms with Crippen molar-refractivity contribution < 1.29 is 4.79 Å². The van der Waals surface area contributed by atoms with Crippen LogP contribution in [0, 0.1) is 0 Å². The van der Waals surface area contributed by atoms with E-state index in [-0.39, 0.29) is 17.2 Å². The number of fused-ring (bicyclic) bond motifs is 3. The third-order valence-corrected chi connectivity index (χ3v) is 8.23. The second kappa shape index (κ2) is 10.7. The van der Waals surface area contributed by atoms with E-state index >= 15 is 0 Å². The lowest BCUT2D eigenvalue weighted by molar-refractivity contribution is -0.113. The first-order chi connectivity index (χ1) is 17.5. The van der Waals surface area contributed by atoms with Gasteiger partial charge in [-0.15, -0.1) is 11.3 Å². The summed E-state index contributed by atoms with van der Waals surface area (Å²) >= 11 is 2.78. The summed E-state index contributed by atoms with van der Waals surface area (Å²) in [6.07, 6.45) is 0.709. The molecule has 0 aliphatic rings. The number of hydrogen-bond acceptors (Lipinski definition) is 5. The van der Waals surface area contributed by atoms with Crippen LogP contribution in [0.15, 0.2) is 88.8 Å². The Balaban J connectivity index is 1.42. The average Bonchev–Trinajstić information content (AvgIpc) is 3.27. The number of nitrogens with one attached hydrogen (secondary N) is 1. The number of thiophene rings is 1. The molecule has 5 rings (SSSR count). The number of aryl methyl sites for hydroxylation is 1. The van der Waals surface area contributed by atoms with Crippen LogP contribution in [0.3, 0.4) is 0 Å². The van der Waals surface area contributed by atoms with Gasteiger partial charge in [-0.25, -0.2) is 4.98 Å². The van der Waals surface area contributed by atoms with Gasteiger partial charge in [0.2, 0.25) is 5.91 Å². The van der Waals surface area contributed by atoms with Crippen LogP contribution < -0.4 is 10.9 Å². The summed E-state index contributed by atoms with van der Waals surface area (Å²) in [7, 11) is 0. The highest BCUT2D eigenvalue weighted by atomic mass is 32.2. The number of carbonyl (C=O) groups is 1. The minimum Gasteiger partial charge on any atom is -0.325 e. The Morgan fingerprint density at radius 1 is 1.00 bits per heavy atom. The van der Waals surface area contributed by atoms with Gasteiger partial charge < -0.3 is 5.32 Å². The highest BCUT2D eigenvalue weighted by molar-refractivity contribution is 7.99. The zero-order valence-electron chi connectivity index (χ0n) is 20.2. The number of benzene rings is 3. The van der Waals surface area contributed by atoms with Gasteiger partial charge in [0.05, 0.1) is 11.3 Å². The second-order valence-corrected chi connectivity index (χ2v) is 11.0. The fourth-order valence-electron chi connectivity index (χ4n) is 4.12. The lowest BCUT2D eigenvalue weighted by atomic mass is 10.0. The lowest BCUT2D eigenvalue weighted by Crippen LogP contribution is -2.24. The van der Waals surface area contributed by atoms with E-state index in [0.29, 0.717) is 34.3 Å². The van der Waals surface area contributed by atoms with E-state index in [1.807, 2.05) is 66.7 Å². The summed E-state index contributed by atoms with van der Waals surface area (Å²) in [5.74, 6) is 0.473. The Bertz CT molecular complexity index is 1570. The largest absolute Gasteiger partial charge is 0.325 e. The molecule has 1 amide bonds. The Morgan fingerprint density at radius 3 is 2.47 bits per heavy atom. The van der Waals surface area contributed by atoms with Crippen LogP contribution in [0.4, 0.5) is 5.69 Å². The van der Waals surface area contributed by atoms with E-state index < -0.39 is 0 Å². The molecule has 36 heavy (non-hydrogen) atoms. The molecule has 7 heteroatoms. The number of aromatic nitrogens is 2. The Hall–Kier alpha value is -3.42. The monoisotopic (exact) mass is 513 g/mol. The smallest absolute Gasteiger partial charge is 0.272 e. The summed E-state index contributed by atoms with van der Waals surface area (Å²) < 4.78 is 3.42. The Labute approximate surface area is 218 Å². The minimum absolute atomic E-state index is 0.0516.